The van der Waals surface area contributed by atoms with Gasteiger partial charge in [-0.2, -0.15) is 0 Å². The second-order valence-electron chi connectivity index (χ2n) is 3.78. The van der Waals surface area contributed by atoms with Gasteiger partial charge in [-0.3, -0.25) is 0 Å². The molecule has 0 amide bonds. The summed E-state index contributed by atoms with van der Waals surface area (Å²) in [6.07, 6.45) is 3.66. The zero-order valence-electron chi connectivity index (χ0n) is 8.94. The van der Waals surface area contributed by atoms with Crippen LogP contribution in [0, 0.1) is 6.92 Å². The van der Waals surface area contributed by atoms with E-state index in [-0.39, 0.29) is 0 Å². The van der Waals surface area contributed by atoms with Crippen LogP contribution in [-0.2, 0) is 0 Å². The summed E-state index contributed by atoms with van der Waals surface area (Å²) < 4.78 is 0. The molecule has 3 rings (SSSR count). The number of benzene rings is 1. The van der Waals surface area contributed by atoms with Crippen LogP contribution >= 0.6 is 0 Å². The largest absolute Gasteiger partial charge is 0.345 e. The Balaban J connectivity index is 2.22. The van der Waals surface area contributed by atoms with E-state index in [9.17, 15) is 0 Å². The van der Waals surface area contributed by atoms with Crippen molar-refractivity contribution in [1.29, 1.82) is 0 Å². The summed E-state index contributed by atoms with van der Waals surface area (Å²) in [6, 6.07) is 10.1. The van der Waals surface area contributed by atoms with Crippen molar-refractivity contribution < 1.29 is 0 Å². The number of aryl methyl sites for hydroxylation is 1. The van der Waals surface area contributed by atoms with Gasteiger partial charge in [0, 0.05) is 11.8 Å². The highest BCUT2D eigenvalue weighted by atomic mass is 14.9. The summed E-state index contributed by atoms with van der Waals surface area (Å²) in [5.74, 6) is 0. The molecule has 0 radical (unpaired) electrons. The van der Waals surface area contributed by atoms with E-state index in [4.69, 9.17) is 0 Å². The third-order valence-electron chi connectivity index (χ3n) is 2.68. The molecule has 0 fully saturated rings. The van der Waals surface area contributed by atoms with E-state index in [1.165, 1.54) is 5.56 Å². The predicted molar refractivity (Wildman–Crippen MR) is 64.1 cm³/mol. The van der Waals surface area contributed by atoms with Crippen LogP contribution in [0.3, 0.4) is 0 Å². The minimum Gasteiger partial charge on any atom is -0.345 e. The van der Waals surface area contributed by atoms with Crippen molar-refractivity contribution in [2.24, 2.45) is 0 Å². The molecular formula is C13H11N3. The summed E-state index contributed by atoms with van der Waals surface area (Å²) in [5.41, 5.74) is 5.01. The van der Waals surface area contributed by atoms with Crippen LogP contribution in [0.5, 0.6) is 0 Å². The molecule has 0 saturated carbocycles. The van der Waals surface area contributed by atoms with Crippen molar-refractivity contribution in [1.82, 2.24) is 15.0 Å². The van der Waals surface area contributed by atoms with Crippen molar-refractivity contribution in [2.75, 3.05) is 0 Å². The molecule has 1 aromatic carbocycles. The lowest BCUT2D eigenvalue weighted by atomic mass is 10.1. The minimum atomic E-state index is 0.831. The first kappa shape index (κ1) is 9.09. The summed E-state index contributed by atoms with van der Waals surface area (Å²) in [4.78, 5) is 12.0. The molecule has 3 heteroatoms. The number of H-pyrrole nitrogens is 1. The average Bonchev–Trinajstić information content (AvgIpc) is 2.76. The van der Waals surface area contributed by atoms with Gasteiger partial charge in [0.15, 0.2) is 5.65 Å². The van der Waals surface area contributed by atoms with Gasteiger partial charge in [0.2, 0.25) is 0 Å². The summed E-state index contributed by atoms with van der Waals surface area (Å²) >= 11 is 0. The molecule has 3 aromatic rings. The second-order valence-corrected chi connectivity index (χ2v) is 3.78. The van der Waals surface area contributed by atoms with Gasteiger partial charge in [0.1, 0.15) is 5.52 Å². The molecule has 2 aromatic heterocycles. The predicted octanol–water partition coefficient (Wildman–Crippen LogP) is 2.93. The molecule has 3 nitrogen and oxygen atoms in total. The molecule has 0 atom stereocenters. The zero-order chi connectivity index (χ0) is 11.0. The molecule has 0 aliphatic rings. The third-order valence-corrected chi connectivity index (χ3v) is 2.68. The Morgan fingerprint density at radius 2 is 2.00 bits per heavy atom. The van der Waals surface area contributed by atoms with E-state index in [2.05, 4.69) is 34.0 Å². The molecule has 1 N–H and O–H groups in total. The number of rotatable bonds is 1. The Morgan fingerprint density at radius 1 is 1.12 bits per heavy atom. The molecule has 0 saturated heterocycles. The van der Waals surface area contributed by atoms with Gasteiger partial charge in [-0.15, -0.1) is 0 Å². The van der Waals surface area contributed by atoms with Crippen LogP contribution in [0.1, 0.15) is 5.56 Å². The van der Waals surface area contributed by atoms with E-state index < -0.39 is 0 Å². The molecular weight excluding hydrogens is 198 g/mol. The fraction of sp³-hybridized carbons (Fsp3) is 0.0769. The van der Waals surface area contributed by atoms with E-state index >= 15 is 0 Å². The van der Waals surface area contributed by atoms with Gasteiger partial charge in [-0.05, 0) is 18.6 Å². The maximum atomic E-state index is 4.57. The molecule has 16 heavy (non-hydrogen) atoms. The number of fused-ring (bicyclic) bond motifs is 1. The van der Waals surface area contributed by atoms with E-state index in [0.717, 1.165) is 22.4 Å². The monoisotopic (exact) mass is 209 g/mol. The highest BCUT2D eigenvalue weighted by molar-refractivity contribution is 5.74. The van der Waals surface area contributed by atoms with Crippen LogP contribution in [0.15, 0.2) is 42.7 Å². The highest BCUT2D eigenvalue weighted by Crippen LogP contribution is 2.21. The lowest BCUT2D eigenvalue weighted by Gasteiger charge is -2.03. The first-order valence-electron chi connectivity index (χ1n) is 5.21. The molecule has 0 spiro atoms. The molecule has 2 heterocycles. The minimum absolute atomic E-state index is 0.831. The maximum Gasteiger partial charge on any atom is 0.156 e. The van der Waals surface area contributed by atoms with Crippen molar-refractivity contribution >= 4 is 11.2 Å². The fourth-order valence-electron chi connectivity index (χ4n) is 1.82. The lowest BCUT2D eigenvalue weighted by Crippen LogP contribution is -1.89. The van der Waals surface area contributed by atoms with Crippen LogP contribution in [-0.4, -0.2) is 15.0 Å². The van der Waals surface area contributed by atoms with Gasteiger partial charge >= 0.3 is 0 Å². The number of nitrogens with one attached hydrogen (secondary N) is 1. The Kier molecular flexibility index (Phi) is 1.96. The summed E-state index contributed by atoms with van der Waals surface area (Å²) in [6.45, 7) is 2.08. The first-order valence-corrected chi connectivity index (χ1v) is 5.21. The Labute approximate surface area is 93.2 Å². The number of aromatic amines is 1. The van der Waals surface area contributed by atoms with E-state index in [0.29, 0.717) is 0 Å². The number of aromatic nitrogens is 3. The Hall–Kier alpha value is -2.16. The molecule has 0 aliphatic heterocycles. The Bertz CT molecular complexity index is 640. The smallest absolute Gasteiger partial charge is 0.156 e. The third kappa shape index (κ3) is 1.37. The van der Waals surface area contributed by atoms with Crippen LogP contribution in [0.4, 0.5) is 0 Å². The zero-order valence-corrected chi connectivity index (χ0v) is 8.94. The van der Waals surface area contributed by atoms with Crippen LogP contribution in [0.2, 0.25) is 0 Å². The molecule has 0 aliphatic carbocycles. The average molecular weight is 209 g/mol. The van der Waals surface area contributed by atoms with Crippen LogP contribution < -0.4 is 0 Å². The van der Waals surface area contributed by atoms with Crippen molar-refractivity contribution in [3.05, 3.63) is 48.3 Å². The second kappa shape index (κ2) is 3.45. The van der Waals surface area contributed by atoms with Gasteiger partial charge < -0.3 is 4.98 Å². The van der Waals surface area contributed by atoms with Crippen molar-refractivity contribution in [3.8, 4) is 11.3 Å². The van der Waals surface area contributed by atoms with Gasteiger partial charge in [0.05, 0.1) is 11.9 Å². The topological polar surface area (TPSA) is 41.6 Å². The normalized spacial score (nSPS) is 10.8. The SMILES string of the molecule is Cc1ccccc1-c1cnc2[nH]ccc2n1. The highest BCUT2D eigenvalue weighted by Gasteiger charge is 2.04. The van der Waals surface area contributed by atoms with Crippen molar-refractivity contribution in [3.63, 3.8) is 0 Å². The number of hydrogen-bond acceptors (Lipinski definition) is 2. The van der Waals surface area contributed by atoms with Gasteiger partial charge in [0.25, 0.3) is 0 Å². The number of hydrogen-bond donors (Lipinski definition) is 1. The maximum absolute atomic E-state index is 4.57. The number of nitrogens with zero attached hydrogens (tertiary/aromatic N) is 2. The fourth-order valence-corrected chi connectivity index (χ4v) is 1.82. The van der Waals surface area contributed by atoms with Gasteiger partial charge in [-0.1, -0.05) is 24.3 Å². The molecule has 0 bridgehead atoms. The van der Waals surface area contributed by atoms with Crippen LogP contribution in [0.25, 0.3) is 22.4 Å². The van der Waals surface area contributed by atoms with E-state index in [1.807, 2.05) is 24.4 Å². The Morgan fingerprint density at radius 3 is 2.88 bits per heavy atom. The molecule has 0 unspecified atom stereocenters. The quantitative estimate of drug-likeness (QED) is 0.669. The van der Waals surface area contributed by atoms with Gasteiger partial charge in [-0.25, -0.2) is 9.97 Å². The van der Waals surface area contributed by atoms with Crippen molar-refractivity contribution in [2.45, 2.75) is 6.92 Å². The molecule has 78 valence electrons. The summed E-state index contributed by atoms with van der Waals surface area (Å²) in [5, 5.41) is 0. The lowest BCUT2D eigenvalue weighted by molar-refractivity contribution is 1.25. The summed E-state index contributed by atoms with van der Waals surface area (Å²) in [7, 11) is 0. The first-order chi connectivity index (χ1) is 7.84. The van der Waals surface area contributed by atoms with E-state index in [1.54, 1.807) is 6.20 Å². The standard InChI is InChI=1S/C13H11N3/c1-9-4-2-3-5-10(9)12-8-15-13-11(16-12)6-7-14-13/h2-8H,1H3,(H,14,15).